The van der Waals surface area contributed by atoms with E-state index in [9.17, 15) is 9.59 Å². The number of carbonyl (C=O) groups excluding carboxylic acids is 2. The second kappa shape index (κ2) is 7.42. The molecular weight excluding hydrogens is 322 g/mol. The highest BCUT2D eigenvalue weighted by Crippen LogP contribution is 2.26. The lowest BCUT2D eigenvalue weighted by molar-refractivity contribution is 0.0443. The summed E-state index contributed by atoms with van der Waals surface area (Å²) in [5, 5.41) is 0. The van der Waals surface area contributed by atoms with Crippen LogP contribution in [0, 0.1) is 6.92 Å². The molecule has 0 amide bonds. The van der Waals surface area contributed by atoms with Gasteiger partial charge in [-0.05, 0) is 49.6 Å². The highest BCUT2D eigenvalue weighted by atomic mass is 16.6. The van der Waals surface area contributed by atoms with Crippen molar-refractivity contribution in [3.8, 4) is 11.5 Å². The molecule has 6 nitrogen and oxygen atoms in total. The van der Waals surface area contributed by atoms with Crippen molar-refractivity contribution in [2.45, 2.75) is 26.2 Å². The molecule has 132 valence electrons. The maximum absolute atomic E-state index is 12.2. The topological polar surface area (TPSA) is 77.6 Å². The molecule has 0 aliphatic heterocycles. The summed E-state index contributed by atoms with van der Waals surface area (Å²) in [6, 6.07) is 7.17. The van der Waals surface area contributed by atoms with E-state index in [1.807, 2.05) is 0 Å². The molecular formula is C19H21NO5. The lowest BCUT2D eigenvalue weighted by Crippen LogP contribution is -2.13. The number of rotatable bonds is 6. The number of hydrogen-bond donors (Lipinski definition) is 1. The van der Waals surface area contributed by atoms with Crippen LogP contribution in [0.3, 0.4) is 0 Å². The molecule has 3 rings (SSSR count). The molecule has 0 bridgehead atoms. The molecule has 0 atom stereocenters. The van der Waals surface area contributed by atoms with Gasteiger partial charge in [-0.1, -0.05) is 0 Å². The van der Waals surface area contributed by atoms with Crippen LogP contribution in [-0.2, 0) is 11.2 Å². The molecule has 0 spiro atoms. The van der Waals surface area contributed by atoms with Gasteiger partial charge in [-0.15, -0.1) is 0 Å². The number of aromatic amines is 1. The van der Waals surface area contributed by atoms with Gasteiger partial charge in [-0.25, -0.2) is 4.79 Å². The van der Waals surface area contributed by atoms with Gasteiger partial charge in [0.25, 0.3) is 0 Å². The predicted octanol–water partition coefficient (Wildman–Crippen LogP) is 3.09. The van der Waals surface area contributed by atoms with Crippen LogP contribution < -0.4 is 9.47 Å². The molecule has 2 aromatic rings. The number of methoxy groups -OCH3 is 1. The number of aromatic nitrogens is 1. The fourth-order valence-electron chi connectivity index (χ4n) is 3.02. The molecule has 0 radical (unpaired) electrons. The highest BCUT2D eigenvalue weighted by molar-refractivity contribution is 6.03. The van der Waals surface area contributed by atoms with Crippen molar-refractivity contribution in [2.24, 2.45) is 0 Å². The van der Waals surface area contributed by atoms with Gasteiger partial charge < -0.3 is 19.2 Å². The maximum atomic E-state index is 12.2. The van der Waals surface area contributed by atoms with E-state index < -0.39 is 5.97 Å². The zero-order valence-corrected chi connectivity index (χ0v) is 14.4. The van der Waals surface area contributed by atoms with Gasteiger partial charge in [-0.3, -0.25) is 4.79 Å². The van der Waals surface area contributed by atoms with Crippen LogP contribution in [0.1, 0.15) is 44.9 Å². The Bertz CT molecular complexity index is 776. The minimum Gasteiger partial charge on any atom is -0.497 e. The Hall–Kier alpha value is -2.76. The average molecular weight is 343 g/mol. The van der Waals surface area contributed by atoms with Crippen LogP contribution in [-0.4, -0.2) is 37.1 Å². The summed E-state index contributed by atoms with van der Waals surface area (Å²) >= 11 is 0. The van der Waals surface area contributed by atoms with Gasteiger partial charge >= 0.3 is 5.97 Å². The molecule has 0 fully saturated rings. The normalized spacial score (nSPS) is 13.3. The molecule has 25 heavy (non-hydrogen) atoms. The van der Waals surface area contributed by atoms with Crippen molar-refractivity contribution < 1.29 is 23.8 Å². The number of carbonyl (C=O) groups is 2. The van der Waals surface area contributed by atoms with Crippen LogP contribution in [0.25, 0.3) is 0 Å². The number of hydrogen-bond acceptors (Lipinski definition) is 5. The molecule has 0 saturated carbocycles. The first-order chi connectivity index (χ1) is 12.1. The zero-order chi connectivity index (χ0) is 17.8. The molecule has 1 N–H and O–H groups in total. The molecule has 0 unspecified atom stereocenters. The summed E-state index contributed by atoms with van der Waals surface area (Å²) in [5.74, 6) is 1.06. The number of ketones is 1. The summed E-state index contributed by atoms with van der Waals surface area (Å²) in [7, 11) is 1.60. The van der Waals surface area contributed by atoms with Crippen LogP contribution in [0.15, 0.2) is 24.3 Å². The van der Waals surface area contributed by atoms with Gasteiger partial charge in [0.1, 0.15) is 30.4 Å². The highest BCUT2D eigenvalue weighted by Gasteiger charge is 2.26. The van der Waals surface area contributed by atoms with E-state index in [0.717, 1.165) is 24.3 Å². The van der Waals surface area contributed by atoms with Crippen molar-refractivity contribution in [3.05, 3.63) is 46.8 Å². The Morgan fingerprint density at radius 2 is 1.84 bits per heavy atom. The first-order valence-electron chi connectivity index (χ1n) is 8.28. The second-order valence-corrected chi connectivity index (χ2v) is 5.92. The Morgan fingerprint density at radius 1 is 1.12 bits per heavy atom. The van der Waals surface area contributed by atoms with Crippen LogP contribution in [0.5, 0.6) is 11.5 Å². The number of ether oxygens (including phenoxy) is 3. The molecule has 1 aliphatic carbocycles. The van der Waals surface area contributed by atoms with Gasteiger partial charge in [-0.2, -0.15) is 0 Å². The summed E-state index contributed by atoms with van der Waals surface area (Å²) in [4.78, 5) is 27.3. The lowest BCUT2D eigenvalue weighted by atomic mass is 9.94. The van der Waals surface area contributed by atoms with Crippen LogP contribution in [0.2, 0.25) is 0 Å². The summed E-state index contributed by atoms with van der Waals surface area (Å²) in [6.07, 6.45) is 2.14. The minimum atomic E-state index is -0.460. The largest absolute Gasteiger partial charge is 0.497 e. The SMILES string of the molecule is COc1ccc(OCCOC(=O)c2[nH]c3c(c2C)C(=O)CCC3)cc1. The Kier molecular flexibility index (Phi) is 5.07. The Morgan fingerprint density at radius 3 is 2.52 bits per heavy atom. The van der Waals surface area contributed by atoms with Gasteiger partial charge in [0.05, 0.1) is 7.11 Å². The molecule has 1 heterocycles. The van der Waals surface area contributed by atoms with Crippen LogP contribution in [0.4, 0.5) is 0 Å². The summed E-state index contributed by atoms with van der Waals surface area (Å²) in [6.45, 7) is 2.15. The fourth-order valence-corrected chi connectivity index (χ4v) is 3.02. The van der Waals surface area contributed by atoms with E-state index in [1.54, 1.807) is 38.3 Å². The Labute approximate surface area is 146 Å². The standard InChI is InChI=1S/C19H21NO5/c1-12-17-15(4-3-5-16(17)21)20-18(12)19(22)25-11-10-24-14-8-6-13(23-2)7-9-14/h6-9,20H,3-5,10-11H2,1-2H3. The number of nitrogens with one attached hydrogen (secondary N) is 1. The van der Waals surface area contributed by atoms with Crippen LogP contribution >= 0.6 is 0 Å². The van der Waals surface area contributed by atoms with Crippen molar-refractivity contribution in [3.63, 3.8) is 0 Å². The second-order valence-electron chi connectivity index (χ2n) is 5.92. The zero-order valence-electron chi connectivity index (χ0n) is 14.4. The minimum absolute atomic E-state index is 0.0943. The lowest BCUT2D eigenvalue weighted by Gasteiger charge is -2.09. The molecule has 6 heteroatoms. The summed E-state index contributed by atoms with van der Waals surface area (Å²) in [5.41, 5.74) is 2.55. The van der Waals surface area contributed by atoms with Crippen molar-refractivity contribution >= 4 is 11.8 Å². The summed E-state index contributed by atoms with van der Waals surface area (Å²) < 4.78 is 15.9. The van der Waals surface area contributed by atoms with Gasteiger partial charge in [0.15, 0.2) is 5.78 Å². The number of benzene rings is 1. The van der Waals surface area contributed by atoms with E-state index >= 15 is 0 Å². The smallest absolute Gasteiger partial charge is 0.355 e. The fraction of sp³-hybridized carbons (Fsp3) is 0.368. The van der Waals surface area contributed by atoms with E-state index in [4.69, 9.17) is 14.2 Å². The number of H-pyrrole nitrogens is 1. The number of Topliss-reactive ketones (excluding diaryl/α,β-unsaturated/α-hetero) is 1. The third-order valence-electron chi connectivity index (χ3n) is 4.29. The van der Waals surface area contributed by atoms with Gasteiger partial charge in [0.2, 0.25) is 0 Å². The van der Waals surface area contributed by atoms with E-state index in [0.29, 0.717) is 29.0 Å². The number of esters is 1. The third kappa shape index (κ3) is 3.68. The van der Waals surface area contributed by atoms with E-state index in [1.165, 1.54) is 0 Å². The molecule has 1 aliphatic rings. The van der Waals surface area contributed by atoms with E-state index in [2.05, 4.69) is 4.98 Å². The molecule has 1 aromatic heterocycles. The maximum Gasteiger partial charge on any atom is 0.355 e. The number of fused-ring (bicyclic) bond motifs is 1. The quantitative estimate of drug-likeness (QED) is 0.644. The third-order valence-corrected chi connectivity index (χ3v) is 4.29. The first-order valence-corrected chi connectivity index (χ1v) is 8.28. The average Bonchev–Trinajstić information content (AvgIpc) is 2.97. The van der Waals surface area contributed by atoms with Crippen molar-refractivity contribution in [2.75, 3.05) is 20.3 Å². The first kappa shape index (κ1) is 17.1. The van der Waals surface area contributed by atoms with Gasteiger partial charge in [0, 0.05) is 17.7 Å². The number of aryl methyl sites for hydroxylation is 1. The molecule has 1 aromatic carbocycles. The van der Waals surface area contributed by atoms with Crippen molar-refractivity contribution in [1.82, 2.24) is 4.98 Å². The predicted molar refractivity (Wildman–Crippen MR) is 91.6 cm³/mol. The monoisotopic (exact) mass is 343 g/mol. The Balaban J connectivity index is 1.53. The molecule has 0 saturated heterocycles. The van der Waals surface area contributed by atoms with E-state index in [-0.39, 0.29) is 19.0 Å². The van der Waals surface area contributed by atoms with Crippen molar-refractivity contribution in [1.29, 1.82) is 0 Å².